The van der Waals surface area contributed by atoms with Crippen molar-refractivity contribution >= 4 is 11.9 Å². The Morgan fingerprint density at radius 3 is 0.839 bits per heavy atom. The summed E-state index contributed by atoms with van der Waals surface area (Å²) in [6.45, 7) is 4.93. The molecule has 1 amide bonds. The van der Waals surface area contributed by atoms with Crippen LogP contribution in [-0.4, -0.2) is 47.4 Å². The first kappa shape index (κ1) is 85.3. The van der Waals surface area contributed by atoms with E-state index in [2.05, 4.69) is 31.3 Å². The lowest BCUT2D eigenvalue weighted by Gasteiger charge is -2.20. The number of unbranched alkanes of at least 4 members (excludes halogenated alkanes) is 63. The Bertz CT molecular complexity index is 1360. The number of nitrogens with one attached hydrogen (secondary N) is 1. The highest BCUT2D eigenvalue weighted by molar-refractivity contribution is 5.76. The summed E-state index contributed by atoms with van der Waals surface area (Å²) < 4.78 is 5.48. The first-order chi connectivity index (χ1) is 43.0. The van der Waals surface area contributed by atoms with Crippen LogP contribution in [0.1, 0.15) is 457 Å². The van der Waals surface area contributed by atoms with Gasteiger partial charge >= 0.3 is 5.97 Å². The van der Waals surface area contributed by atoms with E-state index in [4.69, 9.17) is 4.74 Å². The number of amides is 1. The molecule has 0 aliphatic heterocycles. The smallest absolute Gasteiger partial charge is 0.305 e. The molecule has 0 heterocycles. The van der Waals surface area contributed by atoms with E-state index in [1.807, 2.05) is 6.08 Å². The Morgan fingerprint density at radius 2 is 0.540 bits per heavy atom. The van der Waals surface area contributed by atoms with E-state index in [1.54, 1.807) is 6.08 Å². The molecule has 0 spiro atoms. The van der Waals surface area contributed by atoms with Crippen molar-refractivity contribution in [3.63, 3.8) is 0 Å². The normalized spacial score (nSPS) is 12.6. The van der Waals surface area contributed by atoms with Gasteiger partial charge in [-0.25, -0.2) is 0 Å². The van der Waals surface area contributed by atoms with E-state index < -0.39 is 12.1 Å². The van der Waals surface area contributed by atoms with Gasteiger partial charge in [-0.2, -0.15) is 0 Å². The fourth-order valence-electron chi connectivity index (χ4n) is 12.9. The van der Waals surface area contributed by atoms with Gasteiger partial charge in [0.1, 0.15) is 0 Å². The zero-order valence-electron chi connectivity index (χ0n) is 59.3. The SMILES string of the molecule is CCCCC/C=C\CCCCCCCC(=O)OCCCCCCCCCCCCCCCCCCCCCCCCCCCCCCCCCCCCCC(=O)NC(CO)C(O)/C=C/CCCCCCCCCCCCCCCCCCCCCCC. The number of hydrogen-bond donors (Lipinski definition) is 3. The Balaban J connectivity index is 3.34. The highest BCUT2D eigenvalue weighted by Gasteiger charge is 2.18. The quantitative estimate of drug-likeness (QED) is 0.0320. The molecule has 0 fully saturated rings. The molecule has 0 radical (unpaired) electrons. The molecule has 0 rings (SSSR count). The monoisotopic (exact) mass is 1220 g/mol. The van der Waals surface area contributed by atoms with Crippen molar-refractivity contribution in [2.45, 2.75) is 469 Å². The molecule has 0 saturated heterocycles. The Hall–Kier alpha value is -1.66. The summed E-state index contributed by atoms with van der Waals surface area (Å²) in [6.07, 6.45) is 98.9. The maximum Gasteiger partial charge on any atom is 0.305 e. The molecule has 6 nitrogen and oxygen atoms in total. The zero-order chi connectivity index (χ0) is 62.8. The molecule has 87 heavy (non-hydrogen) atoms. The molecule has 6 heteroatoms. The van der Waals surface area contributed by atoms with Crippen molar-refractivity contribution in [2.75, 3.05) is 13.2 Å². The summed E-state index contributed by atoms with van der Waals surface area (Å²) in [4.78, 5) is 24.6. The number of ether oxygens (including phenoxy) is 1. The minimum atomic E-state index is -0.842. The van der Waals surface area contributed by atoms with Crippen molar-refractivity contribution in [3.8, 4) is 0 Å². The van der Waals surface area contributed by atoms with E-state index in [0.29, 0.717) is 19.4 Å². The maximum absolute atomic E-state index is 12.6. The second kappa shape index (κ2) is 76.8. The van der Waals surface area contributed by atoms with Crippen molar-refractivity contribution in [1.29, 1.82) is 0 Å². The number of aliphatic hydroxyl groups is 2. The maximum atomic E-state index is 12.6. The molecular formula is C81H157NO5. The molecule has 3 N–H and O–H groups in total. The number of aliphatic hydroxyl groups excluding tert-OH is 2. The standard InChI is InChI=1S/C81H157NO5/c1-3-5-7-9-11-13-15-17-18-19-20-21-35-38-41-44-47-50-53-57-61-65-69-73-79(84)78(77-83)82-80(85)74-70-66-62-58-54-51-48-45-42-39-36-33-31-29-27-25-23-22-24-26-28-30-32-34-37-40-43-46-49-52-56-60-64-68-72-76-87-81(86)75-71-67-63-59-55-16-14-12-10-8-6-4-2/h12,14,69,73,78-79,83-84H,3-11,13,15-68,70-72,74-77H2,1-2H3,(H,82,85)/b14-12-,73-69+. The van der Waals surface area contributed by atoms with Gasteiger partial charge in [0.15, 0.2) is 0 Å². The van der Waals surface area contributed by atoms with E-state index in [9.17, 15) is 19.8 Å². The van der Waals surface area contributed by atoms with Gasteiger partial charge in [-0.15, -0.1) is 0 Å². The number of rotatable bonds is 76. The van der Waals surface area contributed by atoms with E-state index >= 15 is 0 Å². The largest absolute Gasteiger partial charge is 0.466 e. The molecule has 0 aliphatic carbocycles. The van der Waals surface area contributed by atoms with Crippen LogP contribution in [0, 0.1) is 0 Å². The molecule has 516 valence electrons. The summed E-state index contributed by atoms with van der Waals surface area (Å²) in [7, 11) is 0. The second-order valence-corrected chi connectivity index (χ2v) is 27.8. The second-order valence-electron chi connectivity index (χ2n) is 27.8. The summed E-state index contributed by atoms with van der Waals surface area (Å²) in [5.41, 5.74) is 0. The van der Waals surface area contributed by atoms with Crippen molar-refractivity contribution in [3.05, 3.63) is 24.3 Å². The summed E-state index contributed by atoms with van der Waals surface area (Å²) >= 11 is 0. The fraction of sp³-hybridized carbons (Fsp3) is 0.926. The zero-order valence-corrected chi connectivity index (χ0v) is 59.3. The molecule has 0 saturated carbocycles. The summed E-state index contributed by atoms with van der Waals surface area (Å²) in [6, 6.07) is -0.625. The molecular weight excluding hydrogens is 1070 g/mol. The minimum absolute atomic E-state index is 0.0130. The summed E-state index contributed by atoms with van der Waals surface area (Å²) in [5.74, 6) is -0.0443. The molecule has 0 aromatic rings. The van der Waals surface area contributed by atoms with Crippen LogP contribution >= 0.6 is 0 Å². The van der Waals surface area contributed by atoms with Gasteiger partial charge in [0, 0.05) is 12.8 Å². The third-order valence-electron chi connectivity index (χ3n) is 19.0. The highest BCUT2D eigenvalue weighted by atomic mass is 16.5. The van der Waals surface area contributed by atoms with Crippen molar-refractivity contribution in [2.24, 2.45) is 0 Å². The minimum Gasteiger partial charge on any atom is -0.466 e. The molecule has 2 unspecified atom stereocenters. The van der Waals surface area contributed by atoms with Gasteiger partial charge in [-0.1, -0.05) is 411 Å². The van der Waals surface area contributed by atoms with E-state index in [-0.39, 0.29) is 18.5 Å². The fourth-order valence-corrected chi connectivity index (χ4v) is 12.9. The molecule has 0 aromatic heterocycles. The van der Waals surface area contributed by atoms with Gasteiger partial charge in [0.25, 0.3) is 0 Å². The average molecular weight is 1230 g/mol. The van der Waals surface area contributed by atoms with Crippen LogP contribution in [0.5, 0.6) is 0 Å². The topological polar surface area (TPSA) is 95.9 Å². The molecule has 0 aromatic carbocycles. The molecule has 0 bridgehead atoms. The average Bonchev–Trinajstić information content (AvgIpc) is 3.53. The van der Waals surface area contributed by atoms with Crippen LogP contribution in [0.15, 0.2) is 24.3 Å². The number of esters is 1. The first-order valence-electron chi connectivity index (χ1n) is 40.1. The van der Waals surface area contributed by atoms with Gasteiger partial charge in [-0.3, -0.25) is 9.59 Å². The number of allylic oxidation sites excluding steroid dienone is 3. The van der Waals surface area contributed by atoms with Gasteiger partial charge in [0.05, 0.1) is 25.4 Å². The Kier molecular flexibility index (Phi) is 75.3. The van der Waals surface area contributed by atoms with Gasteiger partial charge in [0.2, 0.25) is 5.91 Å². The predicted octanol–water partition coefficient (Wildman–Crippen LogP) is 26.4. The van der Waals surface area contributed by atoms with Gasteiger partial charge in [-0.05, 0) is 57.8 Å². The van der Waals surface area contributed by atoms with Crippen LogP contribution in [0.3, 0.4) is 0 Å². The lowest BCUT2D eigenvalue weighted by molar-refractivity contribution is -0.143. The Labute approximate surface area is 545 Å². The Morgan fingerprint density at radius 1 is 0.310 bits per heavy atom. The third-order valence-corrected chi connectivity index (χ3v) is 19.0. The first-order valence-corrected chi connectivity index (χ1v) is 40.1. The van der Waals surface area contributed by atoms with Crippen molar-refractivity contribution in [1.82, 2.24) is 5.32 Å². The van der Waals surface area contributed by atoms with Crippen LogP contribution in [0.4, 0.5) is 0 Å². The molecule has 0 aliphatic rings. The highest BCUT2D eigenvalue weighted by Crippen LogP contribution is 2.20. The lowest BCUT2D eigenvalue weighted by Crippen LogP contribution is -2.45. The van der Waals surface area contributed by atoms with Crippen LogP contribution in [-0.2, 0) is 14.3 Å². The van der Waals surface area contributed by atoms with Crippen molar-refractivity contribution < 1.29 is 24.5 Å². The van der Waals surface area contributed by atoms with Crippen LogP contribution in [0.25, 0.3) is 0 Å². The van der Waals surface area contributed by atoms with E-state index in [1.165, 1.54) is 385 Å². The summed E-state index contributed by atoms with van der Waals surface area (Å²) in [5, 5.41) is 23.3. The predicted molar refractivity (Wildman–Crippen MR) is 384 cm³/mol. The molecule has 2 atom stereocenters. The number of carbonyl (C=O) groups excluding carboxylic acids is 2. The number of hydrogen-bond acceptors (Lipinski definition) is 5. The van der Waals surface area contributed by atoms with Gasteiger partial charge < -0.3 is 20.3 Å². The van der Waals surface area contributed by atoms with Crippen LogP contribution in [0.2, 0.25) is 0 Å². The number of carbonyl (C=O) groups is 2. The van der Waals surface area contributed by atoms with E-state index in [0.717, 1.165) is 44.9 Å². The lowest BCUT2D eigenvalue weighted by atomic mass is 10.0. The van der Waals surface area contributed by atoms with Crippen LogP contribution < -0.4 is 5.32 Å². The third kappa shape index (κ3) is 73.3.